The number of hydrogen-bond acceptors (Lipinski definition) is 5. The molecule has 0 spiro atoms. The van der Waals surface area contributed by atoms with Crippen LogP contribution in [-0.2, 0) is 4.74 Å². The molecule has 1 atom stereocenters. The Morgan fingerprint density at radius 1 is 1.47 bits per heavy atom. The molecule has 0 saturated carbocycles. The van der Waals surface area contributed by atoms with Gasteiger partial charge in [0, 0.05) is 17.9 Å². The quantitative estimate of drug-likeness (QED) is 0.821. The van der Waals surface area contributed by atoms with Crippen LogP contribution in [0, 0.1) is 0 Å². The summed E-state index contributed by atoms with van der Waals surface area (Å²) in [6, 6.07) is 7.33. The molecule has 5 nitrogen and oxygen atoms in total. The molecule has 2 aromatic rings. The van der Waals surface area contributed by atoms with Crippen LogP contribution in [0.25, 0.3) is 11.5 Å². The van der Waals surface area contributed by atoms with Crippen LogP contribution >= 0.6 is 0 Å². The van der Waals surface area contributed by atoms with Crippen LogP contribution in [0.1, 0.15) is 25.8 Å². The van der Waals surface area contributed by atoms with Crippen LogP contribution in [0.2, 0.25) is 0 Å². The number of benzene rings is 1. The number of aromatic nitrogens is 2. The van der Waals surface area contributed by atoms with Crippen molar-refractivity contribution in [1.29, 1.82) is 0 Å². The number of hydrogen-bond donors (Lipinski definition) is 1. The lowest BCUT2D eigenvalue weighted by Crippen LogP contribution is -2.01. The van der Waals surface area contributed by atoms with Gasteiger partial charge in [0.15, 0.2) is 0 Å². The SMILES string of the molecule is CCOC(C)c1noc(-c2cccc(N)c2)n1. The fourth-order valence-corrected chi connectivity index (χ4v) is 1.51. The van der Waals surface area contributed by atoms with Crippen molar-refractivity contribution in [2.45, 2.75) is 20.0 Å². The zero-order valence-corrected chi connectivity index (χ0v) is 9.88. The standard InChI is InChI=1S/C12H15N3O2/c1-3-16-8(2)11-14-12(17-15-11)9-5-4-6-10(13)7-9/h4-8H,3,13H2,1-2H3. The molecule has 5 heteroatoms. The highest BCUT2D eigenvalue weighted by molar-refractivity contribution is 5.59. The van der Waals surface area contributed by atoms with Crippen molar-refractivity contribution in [2.24, 2.45) is 0 Å². The summed E-state index contributed by atoms with van der Waals surface area (Å²) in [6.07, 6.45) is -0.168. The van der Waals surface area contributed by atoms with Gasteiger partial charge in [-0.2, -0.15) is 4.98 Å². The van der Waals surface area contributed by atoms with E-state index < -0.39 is 0 Å². The Labute approximate surface area is 99.6 Å². The first-order valence-electron chi connectivity index (χ1n) is 5.52. The van der Waals surface area contributed by atoms with Crippen LogP contribution in [0.4, 0.5) is 5.69 Å². The fourth-order valence-electron chi connectivity index (χ4n) is 1.51. The Bertz CT molecular complexity index is 496. The second-order valence-corrected chi connectivity index (χ2v) is 3.68. The zero-order valence-electron chi connectivity index (χ0n) is 9.88. The third kappa shape index (κ3) is 2.62. The highest BCUT2D eigenvalue weighted by Crippen LogP contribution is 2.22. The molecular formula is C12H15N3O2. The molecule has 17 heavy (non-hydrogen) atoms. The van der Waals surface area contributed by atoms with Gasteiger partial charge < -0.3 is 15.0 Å². The molecular weight excluding hydrogens is 218 g/mol. The minimum atomic E-state index is -0.168. The minimum absolute atomic E-state index is 0.168. The van der Waals surface area contributed by atoms with Crippen LogP contribution in [0.3, 0.4) is 0 Å². The average molecular weight is 233 g/mol. The molecule has 1 heterocycles. The van der Waals surface area contributed by atoms with E-state index in [4.69, 9.17) is 15.0 Å². The maximum atomic E-state index is 5.70. The molecule has 1 aromatic heterocycles. The van der Waals surface area contributed by atoms with Crippen molar-refractivity contribution in [3.05, 3.63) is 30.1 Å². The smallest absolute Gasteiger partial charge is 0.258 e. The monoisotopic (exact) mass is 233 g/mol. The van der Waals surface area contributed by atoms with Crippen molar-refractivity contribution in [3.8, 4) is 11.5 Å². The molecule has 0 amide bonds. The summed E-state index contributed by atoms with van der Waals surface area (Å²) in [5, 5.41) is 3.89. The molecule has 2 rings (SSSR count). The first-order chi connectivity index (χ1) is 8.20. The molecule has 0 radical (unpaired) electrons. The van der Waals surface area contributed by atoms with E-state index in [1.807, 2.05) is 32.0 Å². The number of ether oxygens (including phenoxy) is 1. The second kappa shape index (κ2) is 4.97. The summed E-state index contributed by atoms with van der Waals surface area (Å²) in [5.74, 6) is 1.00. The summed E-state index contributed by atoms with van der Waals surface area (Å²) in [5.41, 5.74) is 7.17. The van der Waals surface area contributed by atoms with E-state index in [9.17, 15) is 0 Å². The molecule has 0 aliphatic rings. The average Bonchev–Trinajstić information content (AvgIpc) is 2.78. The number of rotatable bonds is 4. The lowest BCUT2D eigenvalue weighted by molar-refractivity contribution is 0.0683. The van der Waals surface area contributed by atoms with E-state index in [-0.39, 0.29) is 6.10 Å². The van der Waals surface area contributed by atoms with E-state index in [2.05, 4.69) is 10.1 Å². The Hall–Kier alpha value is -1.88. The zero-order chi connectivity index (χ0) is 12.3. The van der Waals surface area contributed by atoms with Crippen molar-refractivity contribution in [2.75, 3.05) is 12.3 Å². The first-order valence-corrected chi connectivity index (χ1v) is 5.52. The van der Waals surface area contributed by atoms with Crippen LogP contribution < -0.4 is 5.73 Å². The van der Waals surface area contributed by atoms with Gasteiger partial charge in [-0.25, -0.2) is 0 Å². The summed E-state index contributed by atoms with van der Waals surface area (Å²) in [4.78, 5) is 4.28. The van der Waals surface area contributed by atoms with E-state index in [1.165, 1.54) is 0 Å². The molecule has 0 saturated heterocycles. The Morgan fingerprint density at radius 2 is 2.29 bits per heavy atom. The van der Waals surface area contributed by atoms with E-state index in [0.717, 1.165) is 5.56 Å². The third-order valence-corrected chi connectivity index (χ3v) is 2.36. The molecule has 0 aliphatic carbocycles. The molecule has 90 valence electrons. The van der Waals surface area contributed by atoms with Crippen LogP contribution in [0.5, 0.6) is 0 Å². The molecule has 1 unspecified atom stereocenters. The summed E-state index contributed by atoms with van der Waals surface area (Å²) in [6.45, 7) is 4.43. The van der Waals surface area contributed by atoms with Gasteiger partial charge in [-0.15, -0.1) is 0 Å². The number of anilines is 1. The normalized spacial score (nSPS) is 12.6. The topological polar surface area (TPSA) is 74.2 Å². The molecule has 0 aliphatic heterocycles. The fraction of sp³-hybridized carbons (Fsp3) is 0.333. The van der Waals surface area contributed by atoms with Crippen molar-refractivity contribution in [3.63, 3.8) is 0 Å². The van der Waals surface area contributed by atoms with E-state index in [0.29, 0.717) is 24.0 Å². The van der Waals surface area contributed by atoms with Crippen LogP contribution in [0.15, 0.2) is 28.8 Å². The number of nitrogens with two attached hydrogens (primary N) is 1. The second-order valence-electron chi connectivity index (χ2n) is 3.68. The molecule has 0 bridgehead atoms. The molecule has 0 fully saturated rings. The maximum Gasteiger partial charge on any atom is 0.258 e. The predicted octanol–water partition coefficient (Wildman–Crippen LogP) is 2.42. The lowest BCUT2D eigenvalue weighted by atomic mass is 10.2. The number of nitrogen functional groups attached to an aromatic ring is 1. The molecule has 2 N–H and O–H groups in total. The van der Waals surface area contributed by atoms with Gasteiger partial charge in [0.1, 0.15) is 6.10 Å². The van der Waals surface area contributed by atoms with Gasteiger partial charge in [0.2, 0.25) is 5.82 Å². The van der Waals surface area contributed by atoms with Crippen molar-refractivity contribution >= 4 is 5.69 Å². The molecule has 1 aromatic carbocycles. The maximum absolute atomic E-state index is 5.70. The highest BCUT2D eigenvalue weighted by Gasteiger charge is 2.14. The number of nitrogens with zero attached hydrogens (tertiary/aromatic N) is 2. The largest absolute Gasteiger partial charge is 0.399 e. The van der Waals surface area contributed by atoms with E-state index >= 15 is 0 Å². The van der Waals surface area contributed by atoms with Gasteiger partial charge in [0.05, 0.1) is 0 Å². The Balaban J connectivity index is 2.23. The Kier molecular flexibility index (Phi) is 3.39. The van der Waals surface area contributed by atoms with Crippen molar-refractivity contribution < 1.29 is 9.26 Å². The van der Waals surface area contributed by atoms with Crippen LogP contribution in [-0.4, -0.2) is 16.7 Å². The van der Waals surface area contributed by atoms with Gasteiger partial charge in [-0.3, -0.25) is 0 Å². The Morgan fingerprint density at radius 3 is 3.00 bits per heavy atom. The van der Waals surface area contributed by atoms with Gasteiger partial charge >= 0.3 is 0 Å². The summed E-state index contributed by atoms with van der Waals surface area (Å²) in [7, 11) is 0. The van der Waals surface area contributed by atoms with Gasteiger partial charge in [-0.1, -0.05) is 11.2 Å². The van der Waals surface area contributed by atoms with E-state index in [1.54, 1.807) is 6.07 Å². The van der Waals surface area contributed by atoms with Gasteiger partial charge in [0.25, 0.3) is 5.89 Å². The highest BCUT2D eigenvalue weighted by atomic mass is 16.5. The van der Waals surface area contributed by atoms with Crippen molar-refractivity contribution in [1.82, 2.24) is 10.1 Å². The summed E-state index contributed by atoms with van der Waals surface area (Å²) < 4.78 is 10.6. The van der Waals surface area contributed by atoms with Gasteiger partial charge in [-0.05, 0) is 32.0 Å². The first kappa shape index (κ1) is 11.6. The minimum Gasteiger partial charge on any atom is -0.399 e. The summed E-state index contributed by atoms with van der Waals surface area (Å²) >= 11 is 0. The third-order valence-electron chi connectivity index (χ3n) is 2.36. The lowest BCUT2D eigenvalue weighted by Gasteiger charge is -2.04. The predicted molar refractivity (Wildman–Crippen MR) is 64.2 cm³/mol.